The molecule has 1 amide bonds. The van der Waals surface area contributed by atoms with E-state index in [0.717, 1.165) is 47.3 Å². The molecule has 3 nitrogen and oxygen atoms in total. The molecule has 1 heterocycles. The van der Waals surface area contributed by atoms with Gasteiger partial charge in [-0.05, 0) is 67.6 Å². The highest BCUT2D eigenvalue weighted by Gasteiger charge is 2.18. The number of nitrogens with zero attached hydrogens (tertiary/aromatic N) is 1. The number of carbonyl (C=O) groups is 1. The lowest BCUT2D eigenvalue weighted by atomic mass is 9.94. The van der Waals surface area contributed by atoms with Crippen LogP contribution in [-0.4, -0.2) is 10.9 Å². The van der Waals surface area contributed by atoms with Crippen LogP contribution in [0.25, 0.3) is 10.9 Å². The number of hydrogen-bond acceptors (Lipinski definition) is 2. The molecule has 4 rings (SSSR count). The fraction of sp³-hybridized carbons (Fsp3) is 0.200. The zero-order chi connectivity index (χ0) is 17.4. The minimum absolute atomic E-state index is 0.181. The third kappa shape index (κ3) is 3.22. The van der Waals surface area contributed by atoms with Crippen LogP contribution in [-0.2, 0) is 12.8 Å². The summed E-state index contributed by atoms with van der Waals surface area (Å²) in [6.07, 6.45) is 4.22. The van der Waals surface area contributed by atoms with Gasteiger partial charge < -0.3 is 5.32 Å². The van der Waals surface area contributed by atoms with E-state index in [9.17, 15) is 4.79 Å². The highest BCUT2D eigenvalue weighted by atomic mass is 35.5. The summed E-state index contributed by atoms with van der Waals surface area (Å²) in [4.78, 5) is 17.3. The first-order valence-corrected chi connectivity index (χ1v) is 9.05. The molecular formula is C20H16Cl2N2O. The Morgan fingerprint density at radius 1 is 1.00 bits per heavy atom. The van der Waals surface area contributed by atoms with Crippen LogP contribution in [0.2, 0.25) is 10.0 Å². The van der Waals surface area contributed by atoms with Gasteiger partial charge in [-0.25, -0.2) is 0 Å². The van der Waals surface area contributed by atoms with Gasteiger partial charge in [-0.3, -0.25) is 9.78 Å². The van der Waals surface area contributed by atoms with Gasteiger partial charge in [-0.1, -0.05) is 29.3 Å². The van der Waals surface area contributed by atoms with E-state index >= 15 is 0 Å². The van der Waals surface area contributed by atoms with Gasteiger partial charge in [0.1, 0.15) is 0 Å². The van der Waals surface area contributed by atoms with Crippen molar-refractivity contribution in [2.24, 2.45) is 0 Å². The zero-order valence-electron chi connectivity index (χ0n) is 13.5. The lowest BCUT2D eigenvalue weighted by molar-refractivity contribution is 0.102. The van der Waals surface area contributed by atoms with E-state index in [1.165, 1.54) is 5.56 Å². The van der Waals surface area contributed by atoms with Gasteiger partial charge in [-0.2, -0.15) is 0 Å². The second-order valence-electron chi connectivity index (χ2n) is 6.25. The summed E-state index contributed by atoms with van der Waals surface area (Å²) >= 11 is 12.5. The van der Waals surface area contributed by atoms with E-state index in [1.54, 1.807) is 36.4 Å². The van der Waals surface area contributed by atoms with E-state index in [-0.39, 0.29) is 5.91 Å². The number of fused-ring (bicyclic) bond motifs is 2. The van der Waals surface area contributed by atoms with Gasteiger partial charge in [0.25, 0.3) is 5.91 Å². The highest BCUT2D eigenvalue weighted by Crippen LogP contribution is 2.33. The molecule has 0 saturated heterocycles. The Bertz CT molecular complexity index is 968. The van der Waals surface area contributed by atoms with Gasteiger partial charge >= 0.3 is 0 Å². The summed E-state index contributed by atoms with van der Waals surface area (Å²) < 4.78 is 0. The molecule has 0 aliphatic heterocycles. The molecule has 1 aliphatic rings. The van der Waals surface area contributed by atoms with E-state index in [4.69, 9.17) is 28.2 Å². The van der Waals surface area contributed by atoms with Gasteiger partial charge in [-0.15, -0.1) is 0 Å². The molecule has 0 atom stereocenters. The summed E-state index contributed by atoms with van der Waals surface area (Å²) in [5, 5.41) is 5.19. The molecule has 0 bridgehead atoms. The molecule has 0 radical (unpaired) electrons. The maximum Gasteiger partial charge on any atom is 0.255 e. The lowest BCUT2D eigenvalue weighted by Crippen LogP contribution is -2.12. The Labute approximate surface area is 156 Å². The average Bonchev–Trinajstić information content (AvgIpc) is 2.63. The Balaban J connectivity index is 1.68. The molecule has 25 heavy (non-hydrogen) atoms. The van der Waals surface area contributed by atoms with Crippen LogP contribution in [0.15, 0.2) is 42.5 Å². The first-order valence-electron chi connectivity index (χ1n) is 8.30. The minimum atomic E-state index is -0.181. The number of nitrogens with one attached hydrogen (secondary N) is 1. The number of benzene rings is 2. The van der Waals surface area contributed by atoms with Crippen molar-refractivity contribution in [1.29, 1.82) is 0 Å². The summed E-state index contributed by atoms with van der Waals surface area (Å²) in [6.45, 7) is 0. The monoisotopic (exact) mass is 370 g/mol. The Hall–Kier alpha value is -2.10. The molecule has 0 saturated carbocycles. The second kappa shape index (κ2) is 6.66. The maximum atomic E-state index is 12.5. The smallest absolute Gasteiger partial charge is 0.255 e. The molecule has 1 aromatic heterocycles. The SMILES string of the molecule is O=C(Nc1ccc(Cl)cc1)c1ccc2c(Cl)c3c(nc2c1)CCCC3. The van der Waals surface area contributed by atoms with Gasteiger partial charge in [0.15, 0.2) is 0 Å². The van der Waals surface area contributed by atoms with Crippen molar-refractivity contribution in [2.75, 3.05) is 5.32 Å². The van der Waals surface area contributed by atoms with E-state index < -0.39 is 0 Å². The Morgan fingerprint density at radius 3 is 2.56 bits per heavy atom. The predicted molar refractivity (Wildman–Crippen MR) is 103 cm³/mol. The van der Waals surface area contributed by atoms with E-state index in [0.29, 0.717) is 16.3 Å². The van der Waals surface area contributed by atoms with Crippen LogP contribution in [0, 0.1) is 0 Å². The number of halogens is 2. The largest absolute Gasteiger partial charge is 0.322 e. The number of rotatable bonds is 2. The number of aryl methyl sites for hydroxylation is 1. The average molecular weight is 371 g/mol. The molecule has 1 N–H and O–H groups in total. The van der Waals surface area contributed by atoms with Crippen LogP contribution < -0.4 is 5.32 Å². The number of hydrogen-bond donors (Lipinski definition) is 1. The van der Waals surface area contributed by atoms with Crippen molar-refractivity contribution in [3.63, 3.8) is 0 Å². The summed E-state index contributed by atoms with van der Waals surface area (Å²) in [5.41, 5.74) is 4.26. The molecule has 0 fully saturated rings. The molecular weight excluding hydrogens is 355 g/mol. The van der Waals surface area contributed by atoms with Crippen LogP contribution in [0.1, 0.15) is 34.5 Å². The Morgan fingerprint density at radius 2 is 1.76 bits per heavy atom. The van der Waals surface area contributed by atoms with Crippen LogP contribution >= 0.6 is 23.2 Å². The molecule has 1 aliphatic carbocycles. The third-order valence-electron chi connectivity index (χ3n) is 4.56. The maximum absolute atomic E-state index is 12.5. The van der Waals surface area contributed by atoms with Gasteiger partial charge in [0, 0.05) is 27.4 Å². The van der Waals surface area contributed by atoms with E-state index in [1.807, 2.05) is 6.07 Å². The molecule has 0 spiro atoms. The minimum Gasteiger partial charge on any atom is -0.322 e. The summed E-state index contributed by atoms with van der Waals surface area (Å²) in [6, 6.07) is 12.5. The second-order valence-corrected chi connectivity index (χ2v) is 7.07. The zero-order valence-corrected chi connectivity index (χ0v) is 15.0. The van der Waals surface area contributed by atoms with Gasteiger partial charge in [0.05, 0.1) is 10.5 Å². The highest BCUT2D eigenvalue weighted by molar-refractivity contribution is 6.36. The molecule has 5 heteroatoms. The van der Waals surface area contributed by atoms with Crippen molar-refractivity contribution in [2.45, 2.75) is 25.7 Å². The molecule has 126 valence electrons. The van der Waals surface area contributed by atoms with Crippen LogP contribution in [0.4, 0.5) is 5.69 Å². The van der Waals surface area contributed by atoms with Crippen molar-refractivity contribution in [3.05, 3.63) is 69.3 Å². The summed E-state index contributed by atoms with van der Waals surface area (Å²) in [5.74, 6) is -0.181. The molecule has 3 aromatic rings. The van der Waals surface area contributed by atoms with Crippen molar-refractivity contribution in [3.8, 4) is 0 Å². The van der Waals surface area contributed by atoms with Crippen LogP contribution in [0.3, 0.4) is 0 Å². The van der Waals surface area contributed by atoms with Crippen molar-refractivity contribution < 1.29 is 4.79 Å². The number of amides is 1. The van der Waals surface area contributed by atoms with E-state index in [2.05, 4.69) is 5.32 Å². The first-order chi connectivity index (χ1) is 12.1. The third-order valence-corrected chi connectivity index (χ3v) is 5.24. The number of carbonyl (C=O) groups excluding carboxylic acids is 1. The quantitative estimate of drug-likeness (QED) is 0.630. The summed E-state index contributed by atoms with van der Waals surface area (Å²) in [7, 11) is 0. The number of aromatic nitrogens is 1. The van der Waals surface area contributed by atoms with Gasteiger partial charge in [0.2, 0.25) is 0 Å². The normalized spacial score (nSPS) is 13.5. The van der Waals surface area contributed by atoms with Crippen molar-refractivity contribution in [1.82, 2.24) is 4.98 Å². The first kappa shape index (κ1) is 16.4. The molecule has 0 unspecified atom stereocenters. The Kier molecular flexibility index (Phi) is 4.36. The van der Waals surface area contributed by atoms with Crippen LogP contribution in [0.5, 0.6) is 0 Å². The number of anilines is 1. The number of pyridine rings is 1. The molecule has 2 aromatic carbocycles. The topological polar surface area (TPSA) is 42.0 Å². The fourth-order valence-corrected chi connectivity index (χ4v) is 3.73. The predicted octanol–water partition coefficient (Wildman–Crippen LogP) is 5.67. The standard InChI is InChI=1S/C20H16Cl2N2O/c21-13-6-8-14(9-7-13)23-20(25)12-5-10-16-18(11-12)24-17-4-2-1-3-15(17)19(16)22/h5-11H,1-4H2,(H,23,25). The van der Waals surface area contributed by atoms with Crippen molar-refractivity contribution >= 4 is 45.7 Å². The lowest BCUT2D eigenvalue weighted by Gasteiger charge is -2.18. The fourth-order valence-electron chi connectivity index (χ4n) is 3.24.